The fourth-order valence-corrected chi connectivity index (χ4v) is 2.73. The average Bonchev–Trinajstić information content (AvgIpc) is 2.73. The monoisotopic (exact) mass is 244 g/mol. The van der Waals surface area contributed by atoms with E-state index in [4.69, 9.17) is 0 Å². The van der Waals surface area contributed by atoms with Crippen molar-refractivity contribution in [3.63, 3.8) is 0 Å². The van der Waals surface area contributed by atoms with Crippen LogP contribution in [0.1, 0.15) is 30.7 Å². The topological polar surface area (TPSA) is 33.4 Å². The fraction of sp³-hybridized carbons (Fsp3) is 0.571. The van der Waals surface area contributed by atoms with Crippen molar-refractivity contribution in [1.82, 2.24) is 19.5 Å². The van der Waals surface area contributed by atoms with Crippen molar-refractivity contribution in [3.05, 3.63) is 29.7 Å². The number of likely N-dealkylation sites (N-methyl/N-ethyl adjacent to an activating group) is 1. The Kier molecular flexibility index (Phi) is 3.04. The van der Waals surface area contributed by atoms with Crippen molar-refractivity contribution in [3.8, 4) is 0 Å². The number of aromatic nitrogens is 3. The van der Waals surface area contributed by atoms with Gasteiger partial charge in [-0.15, -0.1) is 0 Å². The van der Waals surface area contributed by atoms with E-state index >= 15 is 0 Å². The SMILES string of the molecule is Cc1ccc2nc(CC3CCCCN3C)nn2c1. The van der Waals surface area contributed by atoms with Crippen LogP contribution in [0.5, 0.6) is 0 Å². The molecule has 3 heterocycles. The molecule has 0 bridgehead atoms. The minimum atomic E-state index is 0.609. The summed E-state index contributed by atoms with van der Waals surface area (Å²) in [5.41, 5.74) is 2.17. The minimum Gasteiger partial charge on any atom is -0.303 e. The molecule has 1 unspecified atom stereocenters. The summed E-state index contributed by atoms with van der Waals surface area (Å²) in [4.78, 5) is 7.05. The molecule has 1 atom stereocenters. The van der Waals surface area contributed by atoms with Crippen LogP contribution in [0.25, 0.3) is 5.65 Å². The van der Waals surface area contributed by atoms with Gasteiger partial charge in [0, 0.05) is 18.7 Å². The van der Waals surface area contributed by atoms with Crippen LogP contribution in [0, 0.1) is 6.92 Å². The van der Waals surface area contributed by atoms with E-state index < -0.39 is 0 Å². The molecular formula is C14H20N4. The molecule has 96 valence electrons. The quantitative estimate of drug-likeness (QED) is 0.811. The Morgan fingerprint density at radius 3 is 3.06 bits per heavy atom. The third-order valence-corrected chi connectivity index (χ3v) is 3.86. The molecule has 0 aliphatic carbocycles. The number of fused-ring (bicyclic) bond motifs is 1. The summed E-state index contributed by atoms with van der Waals surface area (Å²) < 4.78 is 1.90. The van der Waals surface area contributed by atoms with Crippen molar-refractivity contribution in [1.29, 1.82) is 0 Å². The van der Waals surface area contributed by atoms with Crippen molar-refractivity contribution in [2.75, 3.05) is 13.6 Å². The zero-order valence-corrected chi connectivity index (χ0v) is 11.1. The Labute approximate surface area is 108 Å². The largest absolute Gasteiger partial charge is 0.303 e. The van der Waals surface area contributed by atoms with Gasteiger partial charge in [-0.25, -0.2) is 9.50 Å². The van der Waals surface area contributed by atoms with E-state index in [9.17, 15) is 0 Å². The van der Waals surface area contributed by atoms with E-state index in [0.717, 1.165) is 17.9 Å². The number of hydrogen-bond acceptors (Lipinski definition) is 3. The third-order valence-electron chi connectivity index (χ3n) is 3.86. The average molecular weight is 244 g/mol. The van der Waals surface area contributed by atoms with Gasteiger partial charge in [0.1, 0.15) is 0 Å². The lowest BCUT2D eigenvalue weighted by molar-refractivity contribution is 0.182. The van der Waals surface area contributed by atoms with Gasteiger partial charge in [0.15, 0.2) is 11.5 Å². The standard InChI is InChI=1S/C14H20N4/c1-11-6-7-14-15-13(16-18(14)10-11)9-12-5-3-4-8-17(12)2/h6-7,10,12H,3-5,8-9H2,1-2H3. The molecule has 1 aliphatic rings. The number of pyridine rings is 1. The smallest absolute Gasteiger partial charge is 0.155 e. The zero-order chi connectivity index (χ0) is 12.5. The lowest BCUT2D eigenvalue weighted by Gasteiger charge is -2.31. The molecule has 0 spiro atoms. The molecule has 0 radical (unpaired) electrons. The lowest BCUT2D eigenvalue weighted by Crippen LogP contribution is -2.37. The Morgan fingerprint density at radius 2 is 2.22 bits per heavy atom. The minimum absolute atomic E-state index is 0.609. The third kappa shape index (κ3) is 2.25. The summed E-state index contributed by atoms with van der Waals surface area (Å²) in [5, 5.41) is 4.58. The van der Waals surface area contributed by atoms with Crippen LogP contribution in [0.2, 0.25) is 0 Å². The summed E-state index contributed by atoms with van der Waals surface area (Å²) in [5.74, 6) is 0.972. The van der Waals surface area contributed by atoms with Crippen molar-refractivity contribution < 1.29 is 0 Å². The van der Waals surface area contributed by atoms with Crippen molar-refractivity contribution >= 4 is 5.65 Å². The highest BCUT2D eigenvalue weighted by Crippen LogP contribution is 2.18. The van der Waals surface area contributed by atoms with Gasteiger partial charge in [0.05, 0.1) is 0 Å². The Morgan fingerprint density at radius 1 is 1.33 bits per heavy atom. The second-order valence-corrected chi connectivity index (χ2v) is 5.37. The highest BCUT2D eigenvalue weighted by Gasteiger charge is 2.20. The predicted octanol–water partition coefficient (Wildman–Crippen LogP) is 2.06. The molecule has 2 aromatic heterocycles. The lowest BCUT2D eigenvalue weighted by atomic mass is 10.00. The first-order chi connectivity index (χ1) is 8.72. The number of hydrogen-bond donors (Lipinski definition) is 0. The first kappa shape index (κ1) is 11.7. The Balaban J connectivity index is 1.81. The number of aryl methyl sites for hydroxylation is 1. The molecule has 1 saturated heterocycles. The van der Waals surface area contributed by atoms with Crippen LogP contribution in [0.15, 0.2) is 18.3 Å². The molecular weight excluding hydrogens is 224 g/mol. The highest BCUT2D eigenvalue weighted by atomic mass is 15.3. The van der Waals surface area contributed by atoms with Gasteiger partial charge in [-0.05, 0) is 45.0 Å². The summed E-state index contributed by atoms with van der Waals surface area (Å²) >= 11 is 0. The highest BCUT2D eigenvalue weighted by molar-refractivity contribution is 5.38. The second-order valence-electron chi connectivity index (χ2n) is 5.37. The van der Waals surface area contributed by atoms with Crippen molar-refractivity contribution in [2.24, 2.45) is 0 Å². The van der Waals surface area contributed by atoms with Gasteiger partial charge < -0.3 is 4.90 Å². The van der Waals surface area contributed by atoms with Crippen LogP contribution in [0.4, 0.5) is 0 Å². The molecule has 18 heavy (non-hydrogen) atoms. The van der Waals surface area contributed by atoms with Crippen LogP contribution in [-0.4, -0.2) is 39.1 Å². The predicted molar refractivity (Wildman–Crippen MR) is 71.7 cm³/mol. The van der Waals surface area contributed by atoms with Crippen LogP contribution < -0.4 is 0 Å². The molecule has 2 aromatic rings. The molecule has 0 N–H and O–H groups in total. The second kappa shape index (κ2) is 4.69. The van der Waals surface area contributed by atoms with Crippen LogP contribution in [-0.2, 0) is 6.42 Å². The van der Waals surface area contributed by atoms with Gasteiger partial charge in [-0.2, -0.15) is 5.10 Å². The number of nitrogens with zero attached hydrogens (tertiary/aromatic N) is 4. The zero-order valence-electron chi connectivity index (χ0n) is 11.1. The van der Waals surface area contributed by atoms with E-state index in [0.29, 0.717) is 6.04 Å². The first-order valence-electron chi connectivity index (χ1n) is 6.74. The number of likely N-dealkylation sites (tertiary alicyclic amines) is 1. The molecule has 1 aliphatic heterocycles. The van der Waals surface area contributed by atoms with Crippen molar-refractivity contribution in [2.45, 2.75) is 38.6 Å². The summed E-state index contributed by atoms with van der Waals surface area (Å²) in [7, 11) is 2.21. The van der Waals surface area contributed by atoms with E-state index in [1.54, 1.807) is 0 Å². The Hall–Kier alpha value is -1.42. The molecule has 4 heteroatoms. The maximum Gasteiger partial charge on any atom is 0.155 e. The van der Waals surface area contributed by atoms with Gasteiger partial charge in [-0.1, -0.05) is 12.5 Å². The maximum absolute atomic E-state index is 4.61. The van der Waals surface area contributed by atoms with Gasteiger partial charge in [0.25, 0.3) is 0 Å². The van der Waals surface area contributed by atoms with E-state index in [-0.39, 0.29) is 0 Å². The molecule has 0 amide bonds. The van der Waals surface area contributed by atoms with Crippen LogP contribution >= 0.6 is 0 Å². The molecule has 1 fully saturated rings. The molecule has 0 saturated carbocycles. The molecule has 0 aromatic carbocycles. The van der Waals surface area contributed by atoms with Gasteiger partial charge in [0.2, 0.25) is 0 Å². The molecule has 4 nitrogen and oxygen atoms in total. The van der Waals surface area contributed by atoms with Gasteiger partial charge >= 0.3 is 0 Å². The normalized spacial score (nSPS) is 21.6. The molecule has 3 rings (SSSR count). The Bertz CT molecular complexity index is 546. The van der Waals surface area contributed by atoms with Crippen LogP contribution in [0.3, 0.4) is 0 Å². The van der Waals surface area contributed by atoms with E-state index in [2.05, 4.69) is 35.0 Å². The summed E-state index contributed by atoms with van der Waals surface area (Å²) in [6.45, 7) is 3.28. The number of piperidine rings is 1. The number of rotatable bonds is 2. The van der Waals surface area contributed by atoms with Gasteiger partial charge in [-0.3, -0.25) is 0 Å². The van der Waals surface area contributed by atoms with E-state index in [1.807, 2.05) is 16.8 Å². The summed E-state index contributed by atoms with van der Waals surface area (Å²) in [6, 6.07) is 4.73. The van der Waals surface area contributed by atoms with E-state index in [1.165, 1.54) is 31.4 Å². The maximum atomic E-state index is 4.61. The first-order valence-corrected chi connectivity index (χ1v) is 6.74. The fourth-order valence-electron chi connectivity index (χ4n) is 2.73. The summed E-state index contributed by atoms with van der Waals surface area (Å²) in [6.07, 6.45) is 6.94.